The van der Waals surface area contributed by atoms with Gasteiger partial charge in [-0.25, -0.2) is 33.6 Å². The molecule has 0 spiro atoms. The Morgan fingerprint density at radius 1 is 0.235 bits per heavy atom. The topological polar surface area (TPSA) is 789 Å². The lowest BCUT2D eigenvalue weighted by atomic mass is 9.81. The van der Waals surface area contributed by atoms with E-state index in [-0.39, 0.29) is 0 Å². The van der Waals surface area contributed by atoms with Crippen molar-refractivity contribution < 1.29 is 167 Å². The van der Waals surface area contributed by atoms with E-state index in [0.29, 0.717) is 0 Å². The maximum absolute atomic E-state index is 12.2. The number of carbonyl (C=O) groups is 7. The molecule has 0 aromatic heterocycles. The lowest BCUT2D eigenvalue weighted by molar-refractivity contribution is -0.392. The number of primary amides is 7. The second kappa shape index (κ2) is 33.5. The zero-order valence-electron chi connectivity index (χ0n) is 51.3. The molecule has 98 heavy (non-hydrogen) atoms. The summed E-state index contributed by atoms with van der Waals surface area (Å²) >= 11 is 0. The number of aliphatic hydroxyl groups excluding tert-OH is 14. The Hall–Kier alpha value is -6.19. The Labute approximate surface area is 552 Å². The minimum Gasteiger partial charge on any atom is -0.390 e. The molecule has 35 N–H and O–H groups in total. The number of carbonyl (C=O) groups excluding carboxylic acids is 7. The molecule has 0 saturated carbocycles. The summed E-state index contributed by atoms with van der Waals surface area (Å²) in [5.74, 6) is -1.53. The van der Waals surface area contributed by atoms with E-state index in [1.165, 1.54) is 0 Å². The van der Waals surface area contributed by atoms with Crippen LogP contribution in [0.4, 0.5) is 33.6 Å². The molecule has 0 aromatic carbocycles. The predicted molar refractivity (Wildman–Crippen MR) is 305 cm³/mol. The van der Waals surface area contributed by atoms with Gasteiger partial charge >= 0.3 is 42.2 Å². The molecule has 21 fully saturated rings. The second-order valence-electron chi connectivity index (χ2n) is 24.1. The largest absolute Gasteiger partial charge is 0.390 e. The third-order valence-electron chi connectivity index (χ3n) is 17.4. The van der Waals surface area contributed by atoms with Crippen molar-refractivity contribution in [3.05, 3.63) is 0 Å². The molecule has 21 aliphatic heterocycles. The van der Waals surface area contributed by atoms with Crippen molar-refractivity contribution in [3.8, 4) is 0 Å². The molecule has 21 saturated heterocycles. The number of rotatable bonds is 14. The van der Waals surface area contributed by atoms with Crippen molar-refractivity contribution in [1.82, 2.24) is 37.2 Å². The number of nitrogens with two attached hydrogens (primary N) is 7. The van der Waals surface area contributed by atoms with Gasteiger partial charge in [-0.05, 0) is 6.42 Å². The van der Waals surface area contributed by atoms with Crippen LogP contribution in [0.3, 0.4) is 0 Å². The number of amides is 14. The van der Waals surface area contributed by atoms with Crippen LogP contribution in [0, 0.1) is 5.92 Å². The van der Waals surface area contributed by atoms with Gasteiger partial charge in [-0.3, -0.25) is 0 Å². The molecular formula is C50H86N14O34. The van der Waals surface area contributed by atoms with Crippen LogP contribution in [0.1, 0.15) is 6.42 Å². The fourth-order valence-electron chi connectivity index (χ4n) is 12.5. The third kappa shape index (κ3) is 18.3. The van der Waals surface area contributed by atoms with Gasteiger partial charge in [-0.15, -0.1) is 0 Å². The Kier molecular flexibility index (Phi) is 26.5. The predicted octanol–water partition coefficient (Wildman–Crippen LogP) is -16.8. The van der Waals surface area contributed by atoms with Crippen LogP contribution in [0.25, 0.3) is 0 Å². The van der Waals surface area contributed by atoms with E-state index in [0.717, 1.165) is 0 Å². The van der Waals surface area contributed by atoms with E-state index in [1.807, 2.05) is 0 Å². The number of hydrogen-bond donors (Lipinski definition) is 28. The van der Waals surface area contributed by atoms with E-state index in [1.54, 1.807) is 0 Å². The Morgan fingerprint density at radius 2 is 0.408 bits per heavy atom. The van der Waals surface area contributed by atoms with Crippen molar-refractivity contribution in [3.63, 3.8) is 0 Å². The summed E-state index contributed by atoms with van der Waals surface area (Å²) in [7, 11) is 0. The molecule has 560 valence electrons. The van der Waals surface area contributed by atoms with Crippen molar-refractivity contribution >= 4 is 42.2 Å². The zero-order chi connectivity index (χ0) is 72.0. The first kappa shape index (κ1) is 77.5. The van der Waals surface area contributed by atoms with E-state index in [4.69, 9.17) is 102 Å². The molecule has 0 radical (unpaired) electrons. The van der Waals surface area contributed by atoms with Gasteiger partial charge < -0.3 is 210 Å². The van der Waals surface area contributed by atoms with Gasteiger partial charge in [0.1, 0.15) is 153 Å². The monoisotopic (exact) mass is 1430 g/mol. The maximum atomic E-state index is 12.2. The molecule has 21 rings (SSSR count). The van der Waals surface area contributed by atoms with Crippen LogP contribution in [-0.2, 0) is 61.6 Å². The van der Waals surface area contributed by atoms with Crippen LogP contribution in [0.5, 0.6) is 0 Å². The summed E-state index contributed by atoms with van der Waals surface area (Å²) in [6.45, 7) is -5.22. The molecule has 35 atom stereocenters. The Morgan fingerprint density at radius 3 is 0.622 bits per heavy atom. The van der Waals surface area contributed by atoms with Gasteiger partial charge in [0.15, 0.2) is 37.7 Å². The van der Waals surface area contributed by atoms with Gasteiger partial charge in [-0.2, -0.15) is 0 Å². The van der Waals surface area contributed by atoms with Gasteiger partial charge in [0.2, 0.25) is 0 Å². The molecular weight excluding hydrogens is 1340 g/mol. The summed E-state index contributed by atoms with van der Waals surface area (Å²) in [6, 6.07) is -8.48. The summed E-state index contributed by atoms with van der Waals surface area (Å²) in [5.41, 5.74) is 37.6. The van der Waals surface area contributed by atoms with E-state index < -0.39 is 309 Å². The highest BCUT2D eigenvalue weighted by atomic mass is 16.8. The Bertz CT molecular complexity index is 2230. The third-order valence-corrected chi connectivity index (χ3v) is 17.4. The highest BCUT2D eigenvalue weighted by Crippen LogP contribution is 2.40. The molecule has 5 unspecified atom stereocenters. The number of aliphatic hydroxyl groups is 14. The molecule has 21 aliphatic rings. The van der Waals surface area contributed by atoms with Crippen molar-refractivity contribution in [1.29, 1.82) is 0 Å². The standard InChI is InChI=1S/C50H86N14O34/c51-44(79)58-2-11-9-1-10-19(66)20(67)32(12(86-10)3-59-45(52)80)93-39-27(74)22(69)34(14(88-39)5-61-47(54)82)95-41-29(76)24(71)36(16(90-41)7-63-49(56)84)97-43-31(78)25(72)37(17(92-43)8-64-50(57)85)98-42-30(77)23(70)35(15(91-42)6-62-48(55)83)96-40-28(75)21(68)33(13(89-40)4-60-46(53)81)94-38(87-11)26(73)18(9)65/h9-43,65-78H,1-8H2,(H3,51,58,79)(H3,52,59,80)(H3,53,60,81)(H3,54,61,82)(H3,55,62,83)(H3,56,63,84)(H3,57,64,85)/t9?,10?,11-,12-,13-,14-,15-,16+,17-,18-,19+,20-,21-,22-,23-,24-,25-,26-,27-,28-,29-,30-,31-,32?,33?,34-,35-,36-,37-,38-,39-,40-,41-,42-,43?/m1/s1. The number of urea groups is 7. The minimum absolute atomic E-state index is 0.660. The Balaban J connectivity index is 1.19. The lowest BCUT2D eigenvalue weighted by Gasteiger charge is -2.50. The number of nitrogens with one attached hydrogen (secondary N) is 7. The quantitative estimate of drug-likeness (QED) is 0.0768. The average molecular weight is 1430 g/mol. The van der Waals surface area contributed by atoms with Crippen LogP contribution in [0.15, 0.2) is 0 Å². The fourth-order valence-corrected chi connectivity index (χ4v) is 12.5. The van der Waals surface area contributed by atoms with Crippen molar-refractivity contribution in [2.75, 3.05) is 45.8 Å². The maximum Gasteiger partial charge on any atom is 0.312 e. The fraction of sp³-hybridized carbons (Fsp3) is 0.860. The van der Waals surface area contributed by atoms with Gasteiger partial charge in [-0.1, -0.05) is 0 Å². The smallest absolute Gasteiger partial charge is 0.312 e. The zero-order valence-corrected chi connectivity index (χ0v) is 51.3. The minimum atomic E-state index is -2.36. The van der Waals surface area contributed by atoms with Crippen LogP contribution >= 0.6 is 0 Å². The highest BCUT2D eigenvalue weighted by molar-refractivity contribution is 5.73. The summed E-state index contributed by atoms with van der Waals surface area (Å²) < 4.78 is 77.9. The first-order valence-electron chi connectivity index (χ1n) is 30.4. The number of ether oxygens (including phenoxy) is 13. The first-order valence-corrected chi connectivity index (χ1v) is 30.4. The SMILES string of the molecule is NC(=O)NC[C@@H]1O[C@@H]2O[C@H]3[C@H](O)[C@@H](O)[C@@H](OC4[C@@H](CNC(N)=O)OC(CC5[C@@H](O)[C@@H](O)[C@@H](OC6[C@@H](CNC(N)=O)O[C@H](O[C@H]7[C@H](O)[C@@H](O)[C@@H](O[C@H]8[C@H](O)[C@@H](O)C(O[C@H]1[C@H](O)[C@H]2O)O[C@@H]8CNC(N)=O)O[C@@H]7CNC(N)=O)[C@H](O)[C@H]6O)O[C@@H]5CNC(N)=O)[C@H](O)[C@H]4O)O[C@@H]3CNC(N)=O. The number of hydrogen-bond acceptors (Lipinski definition) is 34. The molecule has 0 aliphatic carbocycles. The van der Waals surface area contributed by atoms with Crippen molar-refractivity contribution in [2.24, 2.45) is 46.1 Å². The molecule has 48 nitrogen and oxygen atoms in total. The molecule has 14 amide bonds. The average Bonchev–Trinajstić information content (AvgIpc) is 0.780. The van der Waals surface area contributed by atoms with Gasteiger partial charge in [0.05, 0.1) is 18.3 Å². The molecule has 48 heteroatoms. The first-order chi connectivity index (χ1) is 46.1. The van der Waals surface area contributed by atoms with E-state index in [2.05, 4.69) is 37.2 Å². The van der Waals surface area contributed by atoms with Crippen LogP contribution < -0.4 is 77.4 Å². The van der Waals surface area contributed by atoms with Crippen LogP contribution in [-0.4, -0.2) is 368 Å². The molecule has 14 bridgehead atoms. The summed E-state index contributed by atoms with van der Waals surface area (Å²) in [6.07, 6.45) is -71.9. The summed E-state index contributed by atoms with van der Waals surface area (Å²) in [4.78, 5) is 85.2. The van der Waals surface area contributed by atoms with Crippen molar-refractivity contribution in [2.45, 2.75) is 215 Å². The normalized spacial score (nSPS) is 45.4. The summed E-state index contributed by atoms with van der Waals surface area (Å²) in [5, 5.41) is 181. The van der Waals surface area contributed by atoms with Gasteiger partial charge in [0.25, 0.3) is 0 Å². The van der Waals surface area contributed by atoms with E-state index >= 15 is 0 Å². The lowest BCUT2D eigenvalue weighted by Crippen LogP contribution is -2.69. The van der Waals surface area contributed by atoms with Gasteiger partial charge in [0, 0.05) is 51.7 Å². The highest BCUT2D eigenvalue weighted by Gasteiger charge is 2.60. The molecule has 21 heterocycles. The van der Waals surface area contributed by atoms with E-state index in [9.17, 15) is 105 Å². The molecule has 0 aromatic rings. The second-order valence-corrected chi connectivity index (χ2v) is 24.1. The van der Waals surface area contributed by atoms with Crippen LogP contribution in [0.2, 0.25) is 0 Å².